The summed E-state index contributed by atoms with van der Waals surface area (Å²) in [5, 5.41) is 3.19. The van der Waals surface area contributed by atoms with E-state index in [1.165, 1.54) is 0 Å². The summed E-state index contributed by atoms with van der Waals surface area (Å²) in [6.45, 7) is 3.95. The molecule has 0 saturated heterocycles. The van der Waals surface area contributed by atoms with Crippen molar-refractivity contribution in [3.05, 3.63) is 41.2 Å². The first kappa shape index (κ1) is 14.5. The summed E-state index contributed by atoms with van der Waals surface area (Å²) < 4.78 is 5.14. The monoisotopic (exact) mass is 297 g/mol. The van der Waals surface area contributed by atoms with Gasteiger partial charge in [-0.15, -0.1) is 0 Å². The lowest BCUT2D eigenvalue weighted by Crippen LogP contribution is -2.22. The molecule has 1 heterocycles. The van der Waals surface area contributed by atoms with Crippen molar-refractivity contribution in [3.8, 4) is 5.75 Å². The number of hydrogen-bond donors (Lipinski definition) is 1. The Labute approximate surface area is 129 Å². The second-order valence-electron chi connectivity index (χ2n) is 5.74. The average molecular weight is 297 g/mol. The van der Waals surface area contributed by atoms with E-state index < -0.39 is 0 Å². The molecule has 0 bridgehead atoms. The van der Waals surface area contributed by atoms with Crippen LogP contribution in [0.25, 0.3) is 0 Å². The van der Waals surface area contributed by atoms with Crippen molar-refractivity contribution in [1.29, 1.82) is 0 Å². The maximum atomic E-state index is 12.1. The lowest BCUT2D eigenvalue weighted by atomic mass is 9.86. The molecule has 0 aliphatic heterocycles. The summed E-state index contributed by atoms with van der Waals surface area (Å²) in [7, 11) is 1.64. The highest BCUT2D eigenvalue weighted by molar-refractivity contribution is 5.99. The van der Waals surface area contributed by atoms with Crippen LogP contribution in [-0.2, 0) is 6.42 Å². The number of carbonyl (C=O) groups is 1. The van der Waals surface area contributed by atoms with Gasteiger partial charge in [0.1, 0.15) is 5.75 Å². The molecule has 5 nitrogen and oxygen atoms in total. The maximum absolute atomic E-state index is 12.1. The van der Waals surface area contributed by atoms with Gasteiger partial charge in [0.15, 0.2) is 5.78 Å². The van der Waals surface area contributed by atoms with E-state index in [1.54, 1.807) is 7.11 Å². The zero-order chi connectivity index (χ0) is 15.7. The van der Waals surface area contributed by atoms with Crippen molar-refractivity contribution >= 4 is 17.4 Å². The Bertz CT molecular complexity index is 711. The van der Waals surface area contributed by atoms with Crippen molar-refractivity contribution < 1.29 is 9.53 Å². The van der Waals surface area contributed by atoms with Crippen molar-refractivity contribution in [3.63, 3.8) is 0 Å². The Hall–Kier alpha value is -2.43. The first-order valence-electron chi connectivity index (χ1n) is 7.38. The van der Waals surface area contributed by atoms with Gasteiger partial charge < -0.3 is 10.1 Å². The van der Waals surface area contributed by atoms with Gasteiger partial charge in [-0.05, 0) is 43.5 Å². The summed E-state index contributed by atoms with van der Waals surface area (Å²) in [6.07, 6.45) is 1.41. The third-order valence-electron chi connectivity index (χ3n) is 3.87. The van der Waals surface area contributed by atoms with E-state index in [2.05, 4.69) is 22.2 Å². The third-order valence-corrected chi connectivity index (χ3v) is 3.87. The Morgan fingerprint density at radius 3 is 2.59 bits per heavy atom. The third kappa shape index (κ3) is 2.79. The SMILES string of the molecule is COc1ccc(Nc2nc(C)c3c(n2)CC(C)CC3=O)cc1. The average Bonchev–Trinajstić information content (AvgIpc) is 2.46. The van der Waals surface area contributed by atoms with E-state index in [0.717, 1.165) is 29.2 Å². The lowest BCUT2D eigenvalue weighted by Gasteiger charge is -2.21. The molecule has 0 spiro atoms. The van der Waals surface area contributed by atoms with Gasteiger partial charge in [-0.2, -0.15) is 0 Å². The van der Waals surface area contributed by atoms with Crippen LogP contribution in [0.4, 0.5) is 11.6 Å². The fourth-order valence-electron chi connectivity index (χ4n) is 2.82. The van der Waals surface area contributed by atoms with Crippen LogP contribution in [0, 0.1) is 12.8 Å². The quantitative estimate of drug-likeness (QED) is 0.941. The summed E-state index contributed by atoms with van der Waals surface area (Å²) in [5.41, 5.74) is 3.19. The highest BCUT2D eigenvalue weighted by atomic mass is 16.5. The second-order valence-corrected chi connectivity index (χ2v) is 5.74. The van der Waals surface area contributed by atoms with E-state index in [-0.39, 0.29) is 5.78 Å². The first-order valence-corrected chi connectivity index (χ1v) is 7.38. The van der Waals surface area contributed by atoms with Gasteiger partial charge in [0, 0.05) is 12.1 Å². The van der Waals surface area contributed by atoms with E-state index in [1.807, 2.05) is 31.2 Å². The summed E-state index contributed by atoms with van der Waals surface area (Å²) in [6, 6.07) is 7.56. The number of nitrogens with one attached hydrogen (secondary N) is 1. The summed E-state index contributed by atoms with van der Waals surface area (Å²) in [4.78, 5) is 21.1. The van der Waals surface area contributed by atoms with Crippen LogP contribution in [0.3, 0.4) is 0 Å². The fraction of sp³-hybridized carbons (Fsp3) is 0.353. The molecule has 0 amide bonds. The molecular weight excluding hydrogens is 278 g/mol. The van der Waals surface area contributed by atoms with Gasteiger partial charge in [0.05, 0.1) is 24.1 Å². The highest BCUT2D eigenvalue weighted by Crippen LogP contribution is 2.27. The number of hydrogen-bond acceptors (Lipinski definition) is 5. The largest absolute Gasteiger partial charge is 0.497 e. The molecule has 1 unspecified atom stereocenters. The topological polar surface area (TPSA) is 64.1 Å². The van der Waals surface area contributed by atoms with Gasteiger partial charge in [-0.25, -0.2) is 9.97 Å². The number of anilines is 2. The number of nitrogens with zero attached hydrogens (tertiary/aromatic N) is 2. The fourth-order valence-corrected chi connectivity index (χ4v) is 2.82. The predicted octanol–water partition coefficient (Wildman–Crippen LogP) is 3.30. The molecule has 3 rings (SSSR count). The highest BCUT2D eigenvalue weighted by Gasteiger charge is 2.26. The number of fused-ring (bicyclic) bond motifs is 1. The molecule has 114 valence electrons. The molecule has 1 atom stereocenters. The molecule has 1 aromatic carbocycles. The molecule has 1 N–H and O–H groups in total. The van der Waals surface area contributed by atoms with Crippen LogP contribution >= 0.6 is 0 Å². The van der Waals surface area contributed by atoms with Crippen LogP contribution in [0.1, 0.15) is 35.1 Å². The zero-order valence-corrected chi connectivity index (χ0v) is 13.0. The van der Waals surface area contributed by atoms with Crippen molar-refractivity contribution in [2.24, 2.45) is 5.92 Å². The first-order chi connectivity index (χ1) is 10.6. The number of benzene rings is 1. The molecule has 1 aromatic heterocycles. The molecule has 1 aliphatic carbocycles. The Morgan fingerprint density at radius 1 is 1.18 bits per heavy atom. The van der Waals surface area contributed by atoms with Crippen LogP contribution in [0.2, 0.25) is 0 Å². The number of carbonyl (C=O) groups excluding carboxylic acids is 1. The number of methoxy groups -OCH3 is 1. The number of ether oxygens (including phenoxy) is 1. The van der Waals surface area contributed by atoms with Gasteiger partial charge in [-0.3, -0.25) is 4.79 Å². The number of aryl methyl sites for hydroxylation is 1. The van der Waals surface area contributed by atoms with Crippen molar-refractivity contribution in [2.45, 2.75) is 26.7 Å². The number of ketones is 1. The Morgan fingerprint density at radius 2 is 1.91 bits per heavy atom. The molecule has 22 heavy (non-hydrogen) atoms. The summed E-state index contributed by atoms with van der Waals surface area (Å²) in [5.74, 6) is 1.82. The minimum atomic E-state index is 0.155. The predicted molar refractivity (Wildman–Crippen MR) is 84.9 cm³/mol. The molecule has 0 saturated carbocycles. The molecule has 0 radical (unpaired) electrons. The normalized spacial score (nSPS) is 17.0. The van der Waals surface area contributed by atoms with E-state index in [0.29, 0.717) is 23.9 Å². The molecular formula is C17H19N3O2. The Balaban J connectivity index is 1.90. The standard InChI is InChI=1S/C17H19N3O2/c1-10-8-14-16(15(21)9-10)11(2)18-17(20-14)19-12-4-6-13(22-3)7-5-12/h4-7,10H,8-9H2,1-3H3,(H,18,19,20). The minimum absolute atomic E-state index is 0.155. The van der Waals surface area contributed by atoms with Gasteiger partial charge >= 0.3 is 0 Å². The van der Waals surface area contributed by atoms with Crippen molar-refractivity contribution in [2.75, 3.05) is 12.4 Å². The second kappa shape index (κ2) is 5.75. The molecule has 2 aromatic rings. The van der Waals surface area contributed by atoms with Crippen LogP contribution in [-0.4, -0.2) is 22.9 Å². The molecule has 1 aliphatic rings. The van der Waals surface area contributed by atoms with Gasteiger partial charge in [0.25, 0.3) is 0 Å². The molecule has 5 heteroatoms. The van der Waals surface area contributed by atoms with E-state index in [4.69, 9.17) is 4.74 Å². The van der Waals surface area contributed by atoms with Crippen LogP contribution < -0.4 is 10.1 Å². The zero-order valence-electron chi connectivity index (χ0n) is 13.0. The number of rotatable bonds is 3. The van der Waals surface area contributed by atoms with E-state index >= 15 is 0 Å². The van der Waals surface area contributed by atoms with Gasteiger partial charge in [-0.1, -0.05) is 6.92 Å². The molecule has 0 fully saturated rings. The smallest absolute Gasteiger partial charge is 0.227 e. The Kier molecular flexibility index (Phi) is 3.79. The minimum Gasteiger partial charge on any atom is -0.497 e. The van der Waals surface area contributed by atoms with Crippen LogP contribution in [0.5, 0.6) is 5.75 Å². The van der Waals surface area contributed by atoms with Crippen LogP contribution in [0.15, 0.2) is 24.3 Å². The summed E-state index contributed by atoms with van der Waals surface area (Å²) >= 11 is 0. The number of aromatic nitrogens is 2. The maximum Gasteiger partial charge on any atom is 0.227 e. The van der Waals surface area contributed by atoms with Gasteiger partial charge in [0.2, 0.25) is 5.95 Å². The van der Waals surface area contributed by atoms with E-state index in [9.17, 15) is 4.79 Å². The van der Waals surface area contributed by atoms with Crippen molar-refractivity contribution in [1.82, 2.24) is 9.97 Å². The number of Topliss-reactive ketones (excluding diaryl/α,β-unsaturated/α-hetero) is 1. The lowest BCUT2D eigenvalue weighted by molar-refractivity contribution is 0.0951.